The first-order valence-electron chi connectivity index (χ1n) is 5.91. The van der Waals surface area contributed by atoms with Gasteiger partial charge in [-0.25, -0.2) is 4.39 Å². The number of aryl methyl sites for hydroxylation is 1. The summed E-state index contributed by atoms with van der Waals surface area (Å²) in [7, 11) is -3.51. The number of halogens is 1. The van der Waals surface area contributed by atoms with Crippen LogP contribution in [0.25, 0.3) is 0 Å². The normalized spacial score (nSPS) is 20.2. The maximum absolute atomic E-state index is 12.7. The topological polar surface area (TPSA) is 55.4 Å². The summed E-state index contributed by atoms with van der Waals surface area (Å²) < 4.78 is 41.2. The maximum Gasteiger partial charge on any atom is 0.267 e. The van der Waals surface area contributed by atoms with E-state index in [1.165, 1.54) is 12.1 Å². The molecule has 0 radical (unpaired) electrons. The van der Waals surface area contributed by atoms with Crippen molar-refractivity contribution in [3.05, 3.63) is 35.6 Å². The van der Waals surface area contributed by atoms with E-state index in [4.69, 9.17) is 4.18 Å². The van der Waals surface area contributed by atoms with Gasteiger partial charge in [0, 0.05) is 6.54 Å². The molecule has 1 heterocycles. The monoisotopic (exact) mass is 273 g/mol. The molecule has 0 aliphatic carbocycles. The van der Waals surface area contributed by atoms with Crippen molar-refractivity contribution in [2.24, 2.45) is 0 Å². The molecule has 2 rings (SSSR count). The fourth-order valence-corrected chi connectivity index (χ4v) is 3.02. The van der Waals surface area contributed by atoms with E-state index in [1.807, 2.05) is 0 Å². The molecule has 1 saturated heterocycles. The van der Waals surface area contributed by atoms with Crippen LogP contribution in [-0.4, -0.2) is 33.4 Å². The van der Waals surface area contributed by atoms with E-state index in [0.717, 1.165) is 18.5 Å². The Morgan fingerprint density at radius 1 is 1.33 bits per heavy atom. The highest BCUT2D eigenvalue weighted by Crippen LogP contribution is 2.10. The Morgan fingerprint density at radius 2 is 2.06 bits per heavy atom. The van der Waals surface area contributed by atoms with Crippen molar-refractivity contribution in [1.29, 1.82) is 0 Å². The predicted molar refractivity (Wildman–Crippen MR) is 66.3 cm³/mol. The Balaban J connectivity index is 1.86. The predicted octanol–water partition coefficient (Wildman–Crippen LogP) is 1.08. The van der Waals surface area contributed by atoms with Crippen molar-refractivity contribution in [3.8, 4) is 0 Å². The molecule has 4 nitrogen and oxygen atoms in total. The van der Waals surface area contributed by atoms with Gasteiger partial charge in [-0.2, -0.15) is 8.42 Å². The lowest BCUT2D eigenvalue weighted by Crippen LogP contribution is -2.23. The van der Waals surface area contributed by atoms with Crippen LogP contribution in [0.4, 0.5) is 4.39 Å². The largest absolute Gasteiger partial charge is 0.314 e. The highest BCUT2D eigenvalue weighted by Gasteiger charge is 2.22. The fraction of sp³-hybridized carbons (Fsp3) is 0.500. The molecule has 0 amide bonds. The summed E-state index contributed by atoms with van der Waals surface area (Å²) in [5.74, 6) is -0.398. The third-order valence-corrected chi connectivity index (χ3v) is 4.12. The number of benzene rings is 1. The molecule has 1 aromatic rings. The van der Waals surface area contributed by atoms with Crippen LogP contribution >= 0.6 is 0 Å². The second kappa shape index (κ2) is 5.77. The highest BCUT2D eigenvalue weighted by atomic mass is 32.2. The second-order valence-corrected chi connectivity index (χ2v) is 6.07. The Labute approximate surface area is 106 Å². The number of nitrogens with one attached hydrogen (secondary N) is 1. The standard InChI is InChI=1S/C12H16FNO3S/c13-11-3-1-10(2-4-11)6-8-18(15,16)17-12-5-7-14-9-12/h1-4,12,14H,5-9H2. The SMILES string of the molecule is O=S(=O)(CCc1ccc(F)cc1)OC1CCNC1. The van der Waals surface area contributed by atoms with Crippen molar-refractivity contribution in [1.82, 2.24) is 5.32 Å². The molecular weight excluding hydrogens is 257 g/mol. The molecule has 1 aliphatic heterocycles. The summed E-state index contributed by atoms with van der Waals surface area (Å²) >= 11 is 0. The first-order chi connectivity index (χ1) is 8.55. The van der Waals surface area contributed by atoms with Gasteiger partial charge in [0.05, 0.1) is 11.9 Å². The fourth-order valence-electron chi connectivity index (χ4n) is 1.86. The van der Waals surface area contributed by atoms with E-state index in [0.29, 0.717) is 13.0 Å². The number of hydrogen-bond donors (Lipinski definition) is 1. The van der Waals surface area contributed by atoms with Gasteiger partial charge in [-0.1, -0.05) is 12.1 Å². The smallest absolute Gasteiger partial charge is 0.267 e. The van der Waals surface area contributed by atoms with E-state index in [-0.39, 0.29) is 17.7 Å². The van der Waals surface area contributed by atoms with E-state index in [2.05, 4.69) is 5.32 Å². The van der Waals surface area contributed by atoms with Crippen molar-refractivity contribution < 1.29 is 17.0 Å². The quantitative estimate of drug-likeness (QED) is 0.816. The van der Waals surface area contributed by atoms with Crippen LogP contribution in [0.5, 0.6) is 0 Å². The minimum absolute atomic E-state index is 0.0743. The second-order valence-electron chi connectivity index (χ2n) is 4.35. The van der Waals surface area contributed by atoms with E-state index in [9.17, 15) is 12.8 Å². The maximum atomic E-state index is 12.7. The van der Waals surface area contributed by atoms with Gasteiger partial charge in [-0.3, -0.25) is 4.18 Å². The van der Waals surface area contributed by atoms with Crippen LogP contribution in [0, 0.1) is 5.82 Å². The van der Waals surface area contributed by atoms with Crippen molar-refractivity contribution in [2.45, 2.75) is 18.9 Å². The molecule has 1 aliphatic rings. The lowest BCUT2D eigenvalue weighted by atomic mass is 10.2. The van der Waals surface area contributed by atoms with Gasteiger partial charge in [-0.05, 0) is 37.1 Å². The Hall–Kier alpha value is -0.980. The lowest BCUT2D eigenvalue weighted by Gasteiger charge is -2.10. The first kappa shape index (κ1) is 13.5. The summed E-state index contributed by atoms with van der Waals surface area (Å²) in [6.07, 6.45) is 0.807. The summed E-state index contributed by atoms with van der Waals surface area (Å²) in [5.41, 5.74) is 0.785. The van der Waals surface area contributed by atoms with Crippen molar-refractivity contribution in [3.63, 3.8) is 0 Å². The third-order valence-electron chi connectivity index (χ3n) is 2.85. The molecule has 0 bridgehead atoms. The molecular formula is C12H16FNO3S. The molecule has 0 aromatic heterocycles. The lowest BCUT2D eigenvalue weighted by molar-refractivity contribution is 0.230. The van der Waals surface area contributed by atoms with Crippen molar-refractivity contribution in [2.75, 3.05) is 18.8 Å². The average molecular weight is 273 g/mol. The van der Waals surface area contributed by atoms with Gasteiger partial charge >= 0.3 is 0 Å². The Morgan fingerprint density at radius 3 is 2.67 bits per heavy atom. The van der Waals surface area contributed by atoms with Crippen LogP contribution in [0.1, 0.15) is 12.0 Å². The molecule has 1 N–H and O–H groups in total. The molecule has 1 aromatic carbocycles. The van der Waals surface area contributed by atoms with Gasteiger partial charge in [-0.15, -0.1) is 0 Å². The molecule has 1 atom stereocenters. The summed E-state index contributed by atoms with van der Waals surface area (Å²) in [6, 6.07) is 5.82. The van der Waals surface area contributed by atoms with Crippen LogP contribution in [0.15, 0.2) is 24.3 Å². The third kappa shape index (κ3) is 4.04. The molecule has 0 saturated carbocycles. The van der Waals surface area contributed by atoms with Crippen LogP contribution < -0.4 is 5.32 Å². The van der Waals surface area contributed by atoms with Crippen LogP contribution in [0.2, 0.25) is 0 Å². The molecule has 100 valence electrons. The van der Waals surface area contributed by atoms with E-state index in [1.54, 1.807) is 12.1 Å². The van der Waals surface area contributed by atoms with Gasteiger partial charge < -0.3 is 5.32 Å². The summed E-state index contributed by atoms with van der Waals surface area (Å²) in [5, 5.41) is 3.04. The van der Waals surface area contributed by atoms with E-state index < -0.39 is 10.1 Å². The zero-order valence-corrected chi connectivity index (χ0v) is 10.7. The Bertz CT molecular complexity index is 481. The minimum atomic E-state index is -3.51. The van der Waals surface area contributed by atoms with Gasteiger partial charge in [0.15, 0.2) is 0 Å². The first-order valence-corrected chi connectivity index (χ1v) is 7.49. The number of hydrogen-bond acceptors (Lipinski definition) is 4. The average Bonchev–Trinajstić information content (AvgIpc) is 2.80. The summed E-state index contributed by atoms with van der Waals surface area (Å²) in [4.78, 5) is 0. The van der Waals surface area contributed by atoms with Crippen LogP contribution in [-0.2, 0) is 20.7 Å². The molecule has 18 heavy (non-hydrogen) atoms. The van der Waals surface area contributed by atoms with Crippen LogP contribution in [0.3, 0.4) is 0 Å². The highest BCUT2D eigenvalue weighted by molar-refractivity contribution is 7.86. The zero-order chi connectivity index (χ0) is 13.0. The van der Waals surface area contributed by atoms with E-state index >= 15 is 0 Å². The zero-order valence-electron chi connectivity index (χ0n) is 9.93. The minimum Gasteiger partial charge on any atom is -0.314 e. The van der Waals surface area contributed by atoms with Gasteiger partial charge in [0.25, 0.3) is 10.1 Å². The van der Waals surface area contributed by atoms with Crippen molar-refractivity contribution >= 4 is 10.1 Å². The molecule has 6 heteroatoms. The molecule has 0 spiro atoms. The summed E-state index contributed by atoms with van der Waals surface area (Å²) in [6.45, 7) is 1.37. The number of rotatable bonds is 5. The molecule has 1 unspecified atom stereocenters. The molecule has 1 fully saturated rings. The van der Waals surface area contributed by atoms with Gasteiger partial charge in [0.2, 0.25) is 0 Å². The Kier molecular flexibility index (Phi) is 4.31. The van der Waals surface area contributed by atoms with Gasteiger partial charge in [0.1, 0.15) is 5.82 Å².